The molecule has 0 N–H and O–H groups in total. The topological polar surface area (TPSA) is 92.0 Å². The number of carbonyl (C=O) groups is 1. The van der Waals surface area contributed by atoms with Crippen LogP contribution in [0, 0.1) is 0 Å². The van der Waals surface area contributed by atoms with Crippen molar-refractivity contribution in [2.75, 3.05) is 13.7 Å². The number of rotatable bonds is 8. The first-order chi connectivity index (χ1) is 17.8. The zero-order valence-electron chi connectivity index (χ0n) is 21.0. The standard InChI is InChI=1S/C27H29BrClN3O5/c1-4-36-27(34)16(2)37-24-21(35-3)14-18(22(28)23(24)29)15-30-32-25(17-10-6-5-7-11-17)31-20-13-9-8-12-19(20)26(32)33/h8-9,12-17H,4-7,10-11H2,1-3H3/t16-/m0/s1. The number of esters is 1. The molecule has 1 fully saturated rings. The summed E-state index contributed by atoms with van der Waals surface area (Å²) in [5, 5.41) is 5.29. The monoisotopic (exact) mass is 589 g/mol. The van der Waals surface area contributed by atoms with E-state index in [0.717, 1.165) is 25.7 Å². The van der Waals surface area contributed by atoms with Crippen LogP contribution >= 0.6 is 27.5 Å². The van der Waals surface area contributed by atoms with Crippen LogP contribution in [0.4, 0.5) is 0 Å². The van der Waals surface area contributed by atoms with Crippen LogP contribution in [0.1, 0.15) is 63.3 Å². The van der Waals surface area contributed by atoms with Crippen molar-refractivity contribution in [3.05, 3.63) is 61.6 Å². The number of nitrogens with zero attached hydrogens (tertiary/aromatic N) is 3. The molecule has 0 unspecified atom stereocenters. The maximum Gasteiger partial charge on any atom is 0.347 e. The molecular weight excluding hydrogens is 562 g/mol. The Bertz CT molecular complexity index is 1380. The molecule has 10 heteroatoms. The van der Waals surface area contributed by atoms with E-state index in [9.17, 15) is 9.59 Å². The van der Waals surface area contributed by atoms with Gasteiger partial charge in [-0.2, -0.15) is 9.78 Å². The number of para-hydroxylation sites is 1. The average Bonchev–Trinajstić information content (AvgIpc) is 2.92. The van der Waals surface area contributed by atoms with E-state index in [4.69, 9.17) is 30.8 Å². The predicted octanol–water partition coefficient (Wildman–Crippen LogP) is 6.08. The van der Waals surface area contributed by atoms with Gasteiger partial charge < -0.3 is 14.2 Å². The van der Waals surface area contributed by atoms with Crippen LogP contribution < -0.4 is 15.0 Å². The van der Waals surface area contributed by atoms with E-state index in [2.05, 4.69) is 21.0 Å². The molecule has 1 aromatic heterocycles. The van der Waals surface area contributed by atoms with Crippen molar-refractivity contribution in [2.45, 2.75) is 58.0 Å². The summed E-state index contributed by atoms with van der Waals surface area (Å²) in [6.07, 6.45) is 5.97. The van der Waals surface area contributed by atoms with Crippen molar-refractivity contribution in [1.29, 1.82) is 0 Å². The Morgan fingerprint density at radius 2 is 2.03 bits per heavy atom. The lowest BCUT2D eigenvalue weighted by Crippen LogP contribution is -2.26. The first kappa shape index (κ1) is 27.1. The first-order valence-corrected chi connectivity index (χ1v) is 13.5. The van der Waals surface area contributed by atoms with E-state index in [1.165, 1.54) is 18.2 Å². The van der Waals surface area contributed by atoms with Crippen molar-refractivity contribution in [2.24, 2.45) is 5.10 Å². The largest absolute Gasteiger partial charge is 0.493 e. The molecule has 3 aromatic rings. The summed E-state index contributed by atoms with van der Waals surface area (Å²) < 4.78 is 18.2. The molecule has 2 aromatic carbocycles. The summed E-state index contributed by atoms with van der Waals surface area (Å²) in [4.78, 5) is 30.4. The van der Waals surface area contributed by atoms with Crippen LogP contribution in [0.2, 0.25) is 5.02 Å². The number of aromatic nitrogens is 2. The normalized spacial score (nSPS) is 15.2. The second kappa shape index (κ2) is 12.1. The molecule has 0 spiro atoms. The molecule has 0 bridgehead atoms. The summed E-state index contributed by atoms with van der Waals surface area (Å²) in [5.74, 6) is 0.811. The Balaban J connectivity index is 1.76. The lowest BCUT2D eigenvalue weighted by molar-refractivity contribution is -0.150. The van der Waals surface area contributed by atoms with Gasteiger partial charge in [-0.15, -0.1) is 0 Å². The van der Waals surface area contributed by atoms with Gasteiger partial charge >= 0.3 is 5.97 Å². The number of ether oxygens (including phenoxy) is 3. The molecule has 1 aliphatic carbocycles. The second-order valence-corrected chi connectivity index (χ2v) is 9.99. The van der Waals surface area contributed by atoms with Gasteiger partial charge in [0.1, 0.15) is 10.8 Å². The Labute approximate surface area is 228 Å². The lowest BCUT2D eigenvalue weighted by Gasteiger charge is -2.22. The number of benzene rings is 2. The average molecular weight is 591 g/mol. The molecule has 1 saturated carbocycles. The summed E-state index contributed by atoms with van der Waals surface area (Å²) >= 11 is 10.1. The van der Waals surface area contributed by atoms with E-state index < -0.39 is 12.1 Å². The van der Waals surface area contributed by atoms with Gasteiger partial charge in [-0.05, 0) is 60.8 Å². The van der Waals surface area contributed by atoms with Gasteiger partial charge in [-0.1, -0.05) is 43.0 Å². The van der Waals surface area contributed by atoms with Gasteiger partial charge in [0.2, 0.25) is 0 Å². The van der Waals surface area contributed by atoms with Gasteiger partial charge in [-0.3, -0.25) is 4.79 Å². The number of fused-ring (bicyclic) bond motifs is 1. The number of carbonyl (C=O) groups excluding carboxylic acids is 1. The summed E-state index contributed by atoms with van der Waals surface area (Å²) in [7, 11) is 1.47. The predicted molar refractivity (Wildman–Crippen MR) is 147 cm³/mol. The summed E-state index contributed by atoms with van der Waals surface area (Å²) in [6.45, 7) is 3.53. The van der Waals surface area contributed by atoms with Gasteiger partial charge in [0.15, 0.2) is 17.6 Å². The lowest BCUT2D eigenvalue weighted by atomic mass is 9.88. The molecule has 37 heavy (non-hydrogen) atoms. The highest BCUT2D eigenvalue weighted by molar-refractivity contribution is 9.10. The zero-order valence-corrected chi connectivity index (χ0v) is 23.3. The van der Waals surface area contributed by atoms with Crippen LogP contribution in [0.5, 0.6) is 11.5 Å². The highest BCUT2D eigenvalue weighted by atomic mass is 79.9. The second-order valence-electron chi connectivity index (χ2n) is 8.82. The molecular formula is C27H29BrClN3O5. The third-order valence-corrected chi connectivity index (χ3v) is 7.79. The molecule has 1 heterocycles. The molecule has 196 valence electrons. The van der Waals surface area contributed by atoms with E-state index in [0.29, 0.717) is 32.5 Å². The van der Waals surface area contributed by atoms with Gasteiger partial charge in [0.05, 0.1) is 30.8 Å². The van der Waals surface area contributed by atoms with Crippen LogP contribution in [-0.4, -0.2) is 41.7 Å². The van der Waals surface area contributed by atoms with Crippen molar-refractivity contribution in [1.82, 2.24) is 9.66 Å². The number of halogens is 2. The van der Waals surface area contributed by atoms with Crippen LogP contribution in [0.15, 0.2) is 44.7 Å². The summed E-state index contributed by atoms with van der Waals surface area (Å²) in [6, 6.07) is 8.98. The molecule has 1 atom stereocenters. The molecule has 0 aliphatic heterocycles. The third kappa shape index (κ3) is 5.83. The molecule has 8 nitrogen and oxygen atoms in total. The van der Waals surface area contributed by atoms with Crippen molar-refractivity contribution >= 4 is 50.6 Å². The Kier molecular flexibility index (Phi) is 8.87. The number of hydrogen-bond acceptors (Lipinski definition) is 7. The molecule has 4 rings (SSSR count). The van der Waals surface area contributed by atoms with Crippen molar-refractivity contribution in [3.8, 4) is 11.5 Å². The van der Waals surface area contributed by atoms with E-state index in [1.807, 2.05) is 18.2 Å². The fourth-order valence-corrected chi connectivity index (χ4v) is 5.09. The fourth-order valence-electron chi connectivity index (χ4n) is 4.44. The van der Waals surface area contributed by atoms with Crippen LogP contribution in [-0.2, 0) is 9.53 Å². The Hall–Kier alpha value is -2.91. The third-order valence-electron chi connectivity index (χ3n) is 6.35. The van der Waals surface area contributed by atoms with Crippen LogP contribution in [0.3, 0.4) is 0 Å². The maximum atomic E-state index is 13.5. The smallest absolute Gasteiger partial charge is 0.347 e. The van der Waals surface area contributed by atoms with Crippen LogP contribution in [0.25, 0.3) is 10.9 Å². The number of hydrogen-bond donors (Lipinski definition) is 0. The quantitative estimate of drug-likeness (QED) is 0.233. The van der Waals surface area contributed by atoms with Gasteiger partial charge in [0.25, 0.3) is 5.56 Å². The first-order valence-electron chi connectivity index (χ1n) is 12.3. The maximum absolute atomic E-state index is 13.5. The molecule has 0 saturated heterocycles. The minimum Gasteiger partial charge on any atom is -0.493 e. The zero-order chi connectivity index (χ0) is 26.5. The highest BCUT2D eigenvalue weighted by Gasteiger charge is 2.24. The molecule has 0 amide bonds. The highest BCUT2D eigenvalue weighted by Crippen LogP contribution is 2.42. The van der Waals surface area contributed by atoms with Crippen molar-refractivity contribution in [3.63, 3.8) is 0 Å². The van der Waals surface area contributed by atoms with Gasteiger partial charge in [-0.25, -0.2) is 9.78 Å². The van der Waals surface area contributed by atoms with E-state index >= 15 is 0 Å². The molecule has 0 radical (unpaired) electrons. The SMILES string of the molecule is CCOC(=O)[C@H](C)Oc1c(OC)cc(C=Nn2c(C3CCCCC3)nc3ccccc3c2=O)c(Br)c1Cl. The Morgan fingerprint density at radius 3 is 2.73 bits per heavy atom. The Morgan fingerprint density at radius 1 is 1.30 bits per heavy atom. The van der Waals surface area contributed by atoms with E-state index in [-0.39, 0.29) is 28.9 Å². The van der Waals surface area contributed by atoms with Gasteiger partial charge in [0, 0.05) is 16.0 Å². The summed E-state index contributed by atoms with van der Waals surface area (Å²) in [5.41, 5.74) is 1.01. The van der Waals surface area contributed by atoms with Crippen molar-refractivity contribution < 1.29 is 19.0 Å². The minimum absolute atomic E-state index is 0.157. The number of methoxy groups -OCH3 is 1. The van der Waals surface area contributed by atoms with E-state index in [1.54, 1.807) is 32.2 Å². The minimum atomic E-state index is -0.891. The molecule has 1 aliphatic rings. The fraction of sp³-hybridized carbons (Fsp3) is 0.407.